The molecular formula is C14H14ClFN4OS. The number of amides is 1. The van der Waals surface area contributed by atoms with Crippen molar-refractivity contribution in [2.24, 2.45) is 0 Å². The average molecular weight is 341 g/mol. The normalized spacial score (nSPS) is 12.0. The van der Waals surface area contributed by atoms with Crippen molar-refractivity contribution in [3.05, 3.63) is 40.8 Å². The number of hydrogen-bond acceptors (Lipinski definition) is 5. The number of anilines is 2. The van der Waals surface area contributed by atoms with Crippen LogP contribution in [0.5, 0.6) is 0 Å². The lowest BCUT2D eigenvalue weighted by molar-refractivity contribution is -0.115. The standard InChI is InChI=1S/C14H14ClFN4OS/c1-7-5-12(17)20-14(18-7)22-8(2)13(21)19-11-4-3-9(15)6-10(11)16/h3-6,8H,1-2H3,(H,19,21)(H2,17,18,20). The van der Waals surface area contributed by atoms with Gasteiger partial charge < -0.3 is 11.1 Å². The van der Waals surface area contributed by atoms with Gasteiger partial charge in [0.25, 0.3) is 0 Å². The second-order valence-electron chi connectivity index (χ2n) is 4.59. The fourth-order valence-electron chi connectivity index (χ4n) is 1.65. The van der Waals surface area contributed by atoms with E-state index >= 15 is 0 Å². The van der Waals surface area contributed by atoms with Gasteiger partial charge in [-0.2, -0.15) is 0 Å². The number of carbonyl (C=O) groups excluding carboxylic acids is 1. The van der Waals surface area contributed by atoms with E-state index in [0.29, 0.717) is 16.7 Å². The molecule has 2 aromatic rings. The van der Waals surface area contributed by atoms with Gasteiger partial charge in [0.1, 0.15) is 11.6 Å². The summed E-state index contributed by atoms with van der Waals surface area (Å²) >= 11 is 6.81. The number of nitrogens with zero attached hydrogens (tertiary/aromatic N) is 2. The maximum Gasteiger partial charge on any atom is 0.237 e. The zero-order valence-electron chi connectivity index (χ0n) is 11.9. The Morgan fingerprint density at radius 1 is 1.41 bits per heavy atom. The highest BCUT2D eigenvalue weighted by molar-refractivity contribution is 8.00. The van der Waals surface area contributed by atoms with Crippen LogP contribution in [0.25, 0.3) is 0 Å². The SMILES string of the molecule is Cc1cc(N)nc(SC(C)C(=O)Nc2ccc(Cl)cc2F)n1. The second kappa shape index (κ2) is 6.93. The lowest BCUT2D eigenvalue weighted by Crippen LogP contribution is -2.23. The molecule has 0 aliphatic rings. The summed E-state index contributed by atoms with van der Waals surface area (Å²) in [4.78, 5) is 20.3. The van der Waals surface area contributed by atoms with Gasteiger partial charge in [-0.1, -0.05) is 23.4 Å². The van der Waals surface area contributed by atoms with Gasteiger partial charge in [0.05, 0.1) is 10.9 Å². The van der Waals surface area contributed by atoms with Gasteiger partial charge >= 0.3 is 0 Å². The molecule has 1 aromatic heterocycles. The van der Waals surface area contributed by atoms with Crippen LogP contribution in [0.3, 0.4) is 0 Å². The van der Waals surface area contributed by atoms with E-state index in [1.165, 1.54) is 12.1 Å². The van der Waals surface area contributed by atoms with Crippen molar-refractivity contribution in [1.82, 2.24) is 9.97 Å². The summed E-state index contributed by atoms with van der Waals surface area (Å²) in [5, 5.41) is 2.65. The number of carbonyl (C=O) groups is 1. The number of hydrogen-bond donors (Lipinski definition) is 2. The van der Waals surface area contributed by atoms with Gasteiger partial charge in [0, 0.05) is 16.8 Å². The van der Waals surface area contributed by atoms with Crippen molar-refractivity contribution >= 4 is 40.8 Å². The molecule has 0 aliphatic heterocycles. The van der Waals surface area contributed by atoms with E-state index in [1.54, 1.807) is 19.9 Å². The molecule has 3 N–H and O–H groups in total. The van der Waals surface area contributed by atoms with Crippen LogP contribution in [0.15, 0.2) is 29.4 Å². The molecule has 0 saturated heterocycles. The minimum absolute atomic E-state index is 0.0755. The van der Waals surface area contributed by atoms with Gasteiger partial charge in [-0.25, -0.2) is 14.4 Å². The van der Waals surface area contributed by atoms with Crippen molar-refractivity contribution in [2.45, 2.75) is 24.3 Å². The van der Waals surface area contributed by atoms with Crippen LogP contribution in [0.1, 0.15) is 12.6 Å². The van der Waals surface area contributed by atoms with E-state index < -0.39 is 11.1 Å². The van der Waals surface area contributed by atoms with Gasteiger partial charge in [0.2, 0.25) is 5.91 Å². The molecule has 0 spiro atoms. The highest BCUT2D eigenvalue weighted by Crippen LogP contribution is 2.23. The number of halogens is 2. The molecule has 0 radical (unpaired) electrons. The summed E-state index contributed by atoms with van der Waals surface area (Å²) < 4.78 is 13.7. The van der Waals surface area contributed by atoms with Gasteiger partial charge in [-0.05, 0) is 32.0 Å². The predicted octanol–water partition coefficient (Wildman–Crippen LogP) is 3.28. The maximum atomic E-state index is 13.7. The summed E-state index contributed by atoms with van der Waals surface area (Å²) in [5.74, 6) is -0.615. The van der Waals surface area contributed by atoms with Crippen LogP contribution in [0, 0.1) is 12.7 Å². The highest BCUT2D eigenvalue weighted by atomic mass is 35.5. The summed E-state index contributed by atoms with van der Waals surface area (Å²) in [7, 11) is 0. The zero-order chi connectivity index (χ0) is 16.3. The van der Waals surface area contributed by atoms with Crippen molar-refractivity contribution in [1.29, 1.82) is 0 Å². The second-order valence-corrected chi connectivity index (χ2v) is 6.33. The Labute approximate surface area is 136 Å². The molecular weight excluding hydrogens is 327 g/mol. The maximum absolute atomic E-state index is 13.7. The molecule has 1 atom stereocenters. The largest absolute Gasteiger partial charge is 0.384 e. The van der Waals surface area contributed by atoms with E-state index in [1.807, 2.05) is 0 Å². The number of benzene rings is 1. The molecule has 2 rings (SSSR count). The predicted molar refractivity (Wildman–Crippen MR) is 86.5 cm³/mol. The van der Waals surface area contributed by atoms with Crippen molar-refractivity contribution in [2.75, 3.05) is 11.1 Å². The van der Waals surface area contributed by atoms with Crippen LogP contribution in [-0.4, -0.2) is 21.1 Å². The average Bonchev–Trinajstić information content (AvgIpc) is 2.40. The van der Waals surface area contributed by atoms with Gasteiger partial charge in [-0.3, -0.25) is 4.79 Å². The molecule has 0 bridgehead atoms. The Morgan fingerprint density at radius 2 is 2.14 bits per heavy atom. The first-order valence-corrected chi connectivity index (χ1v) is 7.64. The topological polar surface area (TPSA) is 80.9 Å². The summed E-state index contributed by atoms with van der Waals surface area (Å²) in [6.07, 6.45) is 0. The molecule has 0 fully saturated rings. The molecule has 1 amide bonds. The van der Waals surface area contributed by atoms with Crippen LogP contribution >= 0.6 is 23.4 Å². The molecule has 1 aromatic carbocycles. The van der Waals surface area contributed by atoms with E-state index in [9.17, 15) is 9.18 Å². The molecule has 22 heavy (non-hydrogen) atoms. The van der Waals surface area contributed by atoms with Crippen LogP contribution in [0.4, 0.5) is 15.9 Å². The summed E-state index contributed by atoms with van der Waals surface area (Å²) in [6.45, 7) is 3.46. The molecule has 1 heterocycles. The van der Waals surface area contributed by atoms with Crippen molar-refractivity contribution in [3.8, 4) is 0 Å². The van der Waals surface area contributed by atoms with Gasteiger partial charge in [-0.15, -0.1) is 0 Å². The van der Waals surface area contributed by atoms with Crippen molar-refractivity contribution < 1.29 is 9.18 Å². The zero-order valence-corrected chi connectivity index (χ0v) is 13.5. The number of nitrogen functional groups attached to an aromatic ring is 1. The number of aromatic nitrogens is 2. The first-order chi connectivity index (χ1) is 10.3. The van der Waals surface area contributed by atoms with E-state index in [2.05, 4.69) is 15.3 Å². The Hall–Kier alpha value is -1.86. The number of nitrogens with two attached hydrogens (primary N) is 1. The first-order valence-electron chi connectivity index (χ1n) is 6.39. The third kappa shape index (κ3) is 4.32. The fourth-order valence-corrected chi connectivity index (χ4v) is 2.65. The van der Waals surface area contributed by atoms with E-state index in [4.69, 9.17) is 17.3 Å². The Bertz CT molecular complexity index is 693. The van der Waals surface area contributed by atoms with Crippen LogP contribution in [0.2, 0.25) is 5.02 Å². The lowest BCUT2D eigenvalue weighted by atomic mass is 10.3. The number of rotatable bonds is 4. The number of nitrogens with one attached hydrogen (secondary N) is 1. The number of thioether (sulfide) groups is 1. The molecule has 5 nitrogen and oxygen atoms in total. The smallest absolute Gasteiger partial charge is 0.237 e. The van der Waals surface area contributed by atoms with Gasteiger partial charge in [0.15, 0.2) is 5.16 Å². The molecule has 0 aliphatic carbocycles. The molecule has 116 valence electrons. The molecule has 0 saturated carbocycles. The number of aryl methyl sites for hydroxylation is 1. The third-order valence-corrected chi connectivity index (χ3v) is 3.89. The Balaban J connectivity index is 2.05. The van der Waals surface area contributed by atoms with Crippen molar-refractivity contribution in [3.63, 3.8) is 0 Å². The van der Waals surface area contributed by atoms with E-state index in [-0.39, 0.29) is 16.6 Å². The highest BCUT2D eigenvalue weighted by Gasteiger charge is 2.18. The Kier molecular flexibility index (Phi) is 5.20. The first kappa shape index (κ1) is 16.5. The monoisotopic (exact) mass is 340 g/mol. The summed E-state index contributed by atoms with van der Waals surface area (Å²) in [6, 6.07) is 5.69. The van der Waals surface area contributed by atoms with Crippen LogP contribution in [-0.2, 0) is 4.79 Å². The molecule has 1 unspecified atom stereocenters. The lowest BCUT2D eigenvalue weighted by Gasteiger charge is -2.12. The fraction of sp³-hybridized carbons (Fsp3) is 0.214. The third-order valence-electron chi connectivity index (χ3n) is 2.69. The van der Waals surface area contributed by atoms with E-state index in [0.717, 1.165) is 17.8 Å². The molecule has 8 heteroatoms. The minimum atomic E-state index is -0.589. The van der Waals surface area contributed by atoms with Crippen LogP contribution < -0.4 is 11.1 Å². The quantitative estimate of drug-likeness (QED) is 0.659. The minimum Gasteiger partial charge on any atom is -0.384 e. The summed E-state index contributed by atoms with van der Waals surface area (Å²) in [5.41, 5.74) is 6.43. The Morgan fingerprint density at radius 3 is 2.77 bits per heavy atom.